The predicted molar refractivity (Wildman–Crippen MR) is 101 cm³/mol. The minimum atomic E-state index is 0.650. The highest BCUT2D eigenvalue weighted by molar-refractivity contribution is 5.81. The third kappa shape index (κ3) is 3.23. The van der Waals surface area contributed by atoms with Gasteiger partial charge in [0.1, 0.15) is 0 Å². The summed E-state index contributed by atoms with van der Waals surface area (Å²) in [7, 11) is 0. The molecule has 0 aliphatic carbocycles. The number of hydrogen-bond donors (Lipinski definition) is 1. The first-order valence-corrected chi connectivity index (χ1v) is 7.96. The smallest absolute Gasteiger partial charge is 0.0506 e. The average molecular weight is 324 g/mol. The number of nitrogens with two attached hydrogens (primary N) is 1. The Labute approximate surface area is 146 Å². The Hall–Kier alpha value is -3.53. The molecule has 0 fully saturated rings. The summed E-state index contributed by atoms with van der Waals surface area (Å²) in [4.78, 5) is 12.4. The molecule has 0 unspecified atom stereocenters. The molecule has 0 spiro atoms. The molecule has 25 heavy (non-hydrogen) atoms. The first-order chi connectivity index (χ1) is 12.3. The summed E-state index contributed by atoms with van der Waals surface area (Å²) in [5.41, 5.74) is 13.1. The third-order valence-electron chi connectivity index (χ3n) is 4.05. The Kier molecular flexibility index (Phi) is 3.92. The van der Waals surface area contributed by atoms with Gasteiger partial charge in [-0.3, -0.25) is 15.0 Å². The van der Waals surface area contributed by atoms with Crippen molar-refractivity contribution in [2.24, 2.45) is 0 Å². The standard InChI is InChI=1S/C21H16N4/c22-21-12-20(13-25-14-21)19-10-17(15-1-5-23-6-2-15)9-18(11-19)16-3-7-24-8-4-16/h1-14H,22H2. The molecule has 4 heteroatoms. The van der Waals surface area contributed by atoms with Gasteiger partial charge in [-0.2, -0.15) is 0 Å². The summed E-state index contributed by atoms with van der Waals surface area (Å²) in [5.74, 6) is 0. The van der Waals surface area contributed by atoms with Gasteiger partial charge in [0.15, 0.2) is 0 Å². The van der Waals surface area contributed by atoms with Gasteiger partial charge in [-0.25, -0.2) is 0 Å². The lowest BCUT2D eigenvalue weighted by atomic mass is 9.94. The Balaban J connectivity index is 1.92. The quantitative estimate of drug-likeness (QED) is 0.604. The van der Waals surface area contributed by atoms with Gasteiger partial charge in [0.05, 0.1) is 5.69 Å². The van der Waals surface area contributed by atoms with Gasteiger partial charge >= 0.3 is 0 Å². The Morgan fingerprint density at radius 2 is 0.960 bits per heavy atom. The molecule has 0 saturated heterocycles. The topological polar surface area (TPSA) is 64.7 Å². The van der Waals surface area contributed by atoms with Crippen LogP contribution >= 0.6 is 0 Å². The van der Waals surface area contributed by atoms with Crippen LogP contribution in [-0.4, -0.2) is 15.0 Å². The van der Waals surface area contributed by atoms with Crippen LogP contribution in [-0.2, 0) is 0 Å². The molecule has 0 radical (unpaired) electrons. The number of benzene rings is 1. The summed E-state index contributed by atoms with van der Waals surface area (Å²) < 4.78 is 0. The van der Waals surface area contributed by atoms with E-state index in [2.05, 4.69) is 33.2 Å². The highest BCUT2D eigenvalue weighted by Gasteiger charge is 2.08. The van der Waals surface area contributed by atoms with Crippen LogP contribution in [0.2, 0.25) is 0 Å². The Bertz CT molecular complexity index is 941. The van der Waals surface area contributed by atoms with Crippen LogP contribution in [0.15, 0.2) is 85.7 Å². The number of aromatic nitrogens is 3. The number of rotatable bonds is 3. The molecule has 4 rings (SSSR count). The lowest BCUT2D eigenvalue weighted by Gasteiger charge is -2.11. The van der Waals surface area contributed by atoms with Crippen LogP contribution in [0.4, 0.5) is 5.69 Å². The third-order valence-corrected chi connectivity index (χ3v) is 4.05. The van der Waals surface area contributed by atoms with Gasteiger partial charge < -0.3 is 5.73 Å². The maximum atomic E-state index is 5.92. The minimum absolute atomic E-state index is 0.650. The van der Waals surface area contributed by atoms with Crippen LogP contribution in [0.1, 0.15) is 0 Å². The second-order valence-corrected chi connectivity index (χ2v) is 5.78. The molecule has 0 aliphatic heterocycles. The molecule has 0 saturated carbocycles. The molecule has 2 N–H and O–H groups in total. The maximum absolute atomic E-state index is 5.92. The van der Waals surface area contributed by atoms with E-state index in [0.717, 1.165) is 33.4 Å². The van der Waals surface area contributed by atoms with E-state index in [1.165, 1.54) is 0 Å². The first kappa shape index (κ1) is 15.0. The van der Waals surface area contributed by atoms with Crippen molar-refractivity contribution in [2.75, 3.05) is 5.73 Å². The normalized spacial score (nSPS) is 10.6. The van der Waals surface area contributed by atoms with Crippen LogP contribution in [0.3, 0.4) is 0 Å². The summed E-state index contributed by atoms with van der Waals surface area (Å²) in [5, 5.41) is 0. The van der Waals surface area contributed by atoms with Crippen LogP contribution in [0.5, 0.6) is 0 Å². The zero-order chi connectivity index (χ0) is 17.1. The Morgan fingerprint density at radius 3 is 1.44 bits per heavy atom. The van der Waals surface area contributed by atoms with E-state index in [0.29, 0.717) is 5.69 Å². The van der Waals surface area contributed by atoms with Crippen molar-refractivity contribution < 1.29 is 0 Å². The van der Waals surface area contributed by atoms with E-state index >= 15 is 0 Å². The number of nitrogens with zero attached hydrogens (tertiary/aromatic N) is 3. The second kappa shape index (κ2) is 6.53. The highest BCUT2D eigenvalue weighted by Crippen LogP contribution is 2.32. The fourth-order valence-corrected chi connectivity index (χ4v) is 2.83. The minimum Gasteiger partial charge on any atom is -0.397 e. The Morgan fingerprint density at radius 1 is 0.480 bits per heavy atom. The van der Waals surface area contributed by atoms with Crippen LogP contribution in [0, 0.1) is 0 Å². The number of nitrogen functional groups attached to an aromatic ring is 1. The summed E-state index contributed by atoms with van der Waals surface area (Å²) in [6, 6.07) is 16.4. The number of anilines is 1. The summed E-state index contributed by atoms with van der Waals surface area (Å²) in [6.45, 7) is 0. The molecule has 0 atom stereocenters. The van der Waals surface area contributed by atoms with Gasteiger partial charge in [0, 0.05) is 42.7 Å². The molecular formula is C21H16N4. The van der Waals surface area contributed by atoms with Crippen molar-refractivity contribution in [2.45, 2.75) is 0 Å². The van der Waals surface area contributed by atoms with E-state index in [1.54, 1.807) is 31.0 Å². The van der Waals surface area contributed by atoms with Crippen molar-refractivity contribution in [3.63, 3.8) is 0 Å². The molecule has 3 aromatic heterocycles. The summed E-state index contributed by atoms with van der Waals surface area (Å²) in [6.07, 6.45) is 10.7. The SMILES string of the molecule is Nc1cncc(-c2cc(-c3ccncc3)cc(-c3ccncc3)c2)c1. The number of hydrogen-bond acceptors (Lipinski definition) is 4. The van der Waals surface area contributed by atoms with E-state index in [9.17, 15) is 0 Å². The summed E-state index contributed by atoms with van der Waals surface area (Å²) >= 11 is 0. The van der Waals surface area contributed by atoms with E-state index in [1.807, 2.05) is 36.5 Å². The number of pyridine rings is 3. The lowest BCUT2D eigenvalue weighted by Crippen LogP contribution is -1.90. The first-order valence-electron chi connectivity index (χ1n) is 7.96. The van der Waals surface area contributed by atoms with Gasteiger partial charge in [-0.05, 0) is 76.3 Å². The fraction of sp³-hybridized carbons (Fsp3) is 0. The zero-order valence-electron chi connectivity index (χ0n) is 13.5. The van der Waals surface area contributed by atoms with Crippen molar-refractivity contribution in [1.29, 1.82) is 0 Å². The molecule has 0 bridgehead atoms. The lowest BCUT2D eigenvalue weighted by molar-refractivity contribution is 1.32. The van der Waals surface area contributed by atoms with Crippen molar-refractivity contribution in [3.05, 3.63) is 85.7 Å². The molecule has 3 heterocycles. The average Bonchev–Trinajstić information content (AvgIpc) is 2.69. The van der Waals surface area contributed by atoms with Gasteiger partial charge in [-0.1, -0.05) is 0 Å². The van der Waals surface area contributed by atoms with Crippen LogP contribution < -0.4 is 5.73 Å². The second-order valence-electron chi connectivity index (χ2n) is 5.78. The van der Waals surface area contributed by atoms with Crippen LogP contribution in [0.25, 0.3) is 33.4 Å². The monoisotopic (exact) mass is 324 g/mol. The molecule has 4 aromatic rings. The van der Waals surface area contributed by atoms with Crippen molar-refractivity contribution in [3.8, 4) is 33.4 Å². The molecule has 0 aliphatic rings. The largest absolute Gasteiger partial charge is 0.397 e. The van der Waals surface area contributed by atoms with Gasteiger partial charge in [-0.15, -0.1) is 0 Å². The van der Waals surface area contributed by atoms with Gasteiger partial charge in [0.25, 0.3) is 0 Å². The van der Waals surface area contributed by atoms with Crippen molar-refractivity contribution in [1.82, 2.24) is 15.0 Å². The molecular weight excluding hydrogens is 308 g/mol. The van der Waals surface area contributed by atoms with Crippen molar-refractivity contribution >= 4 is 5.69 Å². The molecule has 0 amide bonds. The molecule has 4 nitrogen and oxygen atoms in total. The highest BCUT2D eigenvalue weighted by atomic mass is 14.7. The van der Waals surface area contributed by atoms with E-state index < -0.39 is 0 Å². The van der Waals surface area contributed by atoms with Gasteiger partial charge in [0.2, 0.25) is 0 Å². The molecule has 120 valence electrons. The molecule has 1 aromatic carbocycles. The maximum Gasteiger partial charge on any atom is 0.0506 e. The predicted octanol–water partition coefficient (Wildman–Crippen LogP) is 4.45. The fourth-order valence-electron chi connectivity index (χ4n) is 2.83. The van der Waals surface area contributed by atoms with E-state index in [4.69, 9.17) is 5.73 Å². The zero-order valence-corrected chi connectivity index (χ0v) is 13.5. The van der Waals surface area contributed by atoms with E-state index in [-0.39, 0.29) is 0 Å².